The van der Waals surface area contributed by atoms with Gasteiger partial charge in [-0.15, -0.1) is 11.3 Å². The maximum Gasteiger partial charge on any atom is 0.143 e. The number of anilines is 3. The van der Waals surface area contributed by atoms with Crippen LogP contribution >= 0.6 is 11.3 Å². The second kappa shape index (κ2) is 11.2. The number of rotatable bonds is 5. The Morgan fingerprint density at radius 1 is 0.408 bits per heavy atom. The maximum absolute atomic E-state index is 6.38. The van der Waals surface area contributed by atoms with Crippen LogP contribution in [0.3, 0.4) is 0 Å². The Bertz CT molecular complexity index is 2810. The monoisotopic (exact) mass is 643 g/mol. The zero-order chi connectivity index (χ0) is 32.3. The van der Waals surface area contributed by atoms with Gasteiger partial charge in [-0.3, -0.25) is 0 Å². The Morgan fingerprint density at radius 2 is 1.06 bits per heavy atom. The lowest BCUT2D eigenvalue weighted by molar-refractivity contribution is 0.670. The van der Waals surface area contributed by atoms with E-state index in [0.717, 1.165) is 50.1 Å². The van der Waals surface area contributed by atoms with Crippen LogP contribution in [-0.4, -0.2) is 0 Å². The molecule has 0 spiro atoms. The molecule has 10 aromatic rings. The summed E-state index contributed by atoms with van der Waals surface area (Å²) in [5, 5.41) is 7.46. The molecule has 0 unspecified atom stereocenters. The quantitative estimate of drug-likeness (QED) is 0.186. The fraction of sp³-hybridized carbons (Fsp3) is 0. The van der Waals surface area contributed by atoms with Gasteiger partial charge < -0.3 is 9.32 Å². The SMILES string of the molecule is c1ccc(-c2ccc(N(c3ccc(-c4cccc5c4oc4ccccc45)cc3)c3ccc4c(ccc5sc6ccccc6c54)c3)cc2)cc1. The number of thiophene rings is 1. The summed E-state index contributed by atoms with van der Waals surface area (Å²) in [6.07, 6.45) is 0. The third kappa shape index (κ3) is 4.62. The van der Waals surface area contributed by atoms with Crippen molar-refractivity contribution < 1.29 is 4.42 Å². The molecule has 10 rings (SSSR count). The van der Waals surface area contributed by atoms with Crippen LogP contribution in [0.25, 0.3) is 75.1 Å². The van der Waals surface area contributed by atoms with Crippen LogP contribution in [-0.2, 0) is 0 Å². The van der Waals surface area contributed by atoms with Gasteiger partial charge >= 0.3 is 0 Å². The minimum Gasteiger partial charge on any atom is -0.455 e. The molecule has 49 heavy (non-hydrogen) atoms. The van der Waals surface area contributed by atoms with Crippen LogP contribution in [0, 0.1) is 0 Å². The highest BCUT2D eigenvalue weighted by atomic mass is 32.1. The van der Waals surface area contributed by atoms with Gasteiger partial charge in [-0.1, -0.05) is 121 Å². The van der Waals surface area contributed by atoms with E-state index in [1.54, 1.807) is 0 Å². The third-order valence-electron chi connectivity index (χ3n) is 9.67. The molecule has 0 saturated carbocycles. The molecule has 0 saturated heterocycles. The van der Waals surface area contributed by atoms with E-state index in [2.05, 4.69) is 169 Å². The molecule has 0 radical (unpaired) electrons. The predicted molar refractivity (Wildman–Crippen MR) is 210 cm³/mol. The summed E-state index contributed by atoms with van der Waals surface area (Å²) in [6, 6.07) is 63.2. The molecule has 0 bridgehead atoms. The molecule has 8 aromatic carbocycles. The van der Waals surface area contributed by atoms with Crippen molar-refractivity contribution in [2.75, 3.05) is 4.90 Å². The second-order valence-electron chi connectivity index (χ2n) is 12.5. The van der Waals surface area contributed by atoms with Crippen molar-refractivity contribution in [2.24, 2.45) is 0 Å². The van der Waals surface area contributed by atoms with Crippen LogP contribution < -0.4 is 4.90 Å². The number of hydrogen-bond acceptors (Lipinski definition) is 3. The summed E-state index contributed by atoms with van der Waals surface area (Å²) in [4.78, 5) is 2.36. The van der Waals surface area contributed by atoms with Gasteiger partial charge in [0.25, 0.3) is 0 Å². The zero-order valence-electron chi connectivity index (χ0n) is 26.5. The van der Waals surface area contributed by atoms with Crippen LogP contribution in [0.5, 0.6) is 0 Å². The predicted octanol–water partition coefficient (Wildman–Crippen LogP) is 13.9. The smallest absolute Gasteiger partial charge is 0.143 e. The van der Waals surface area contributed by atoms with Gasteiger partial charge in [-0.25, -0.2) is 0 Å². The van der Waals surface area contributed by atoms with Gasteiger partial charge in [0.1, 0.15) is 11.2 Å². The number of fused-ring (bicyclic) bond motifs is 8. The second-order valence-corrected chi connectivity index (χ2v) is 13.6. The van der Waals surface area contributed by atoms with E-state index < -0.39 is 0 Å². The molecule has 0 amide bonds. The molecule has 0 fully saturated rings. The Labute approximate surface area is 287 Å². The number of nitrogens with zero attached hydrogens (tertiary/aromatic N) is 1. The van der Waals surface area contributed by atoms with E-state index >= 15 is 0 Å². The Hall–Kier alpha value is -6.16. The van der Waals surface area contributed by atoms with Crippen LogP contribution in [0.15, 0.2) is 180 Å². The zero-order valence-corrected chi connectivity index (χ0v) is 27.3. The van der Waals surface area contributed by atoms with E-state index in [1.165, 1.54) is 42.1 Å². The molecule has 0 aliphatic rings. The van der Waals surface area contributed by atoms with E-state index in [-0.39, 0.29) is 0 Å². The van der Waals surface area contributed by atoms with Crippen LogP contribution in [0.4, 0.5) is 17.1 Å². The molecule has 2 aromatic heterocycles. The minimum atomic E-state index is 0.913. The Kier molecular flexibility index (Phi) is 6.39. The molecule has 0 N–H and O–H groups in total. The molecule has 0 aliphatic heterocycles. The van der Waals surface area contributed by atoms with Gasteiger partial charge in [-0.2, -0.15) is 0 Å². The number of benzene rings is 8. The maximum atomic E-state index is 6.38. The van der Waals surface area contributed by atoms with E-state index in [4.69, 9.17) is 4.42 Å². The molecular weight excluding hydrogens is 615 g/mol. The average molecular weight is 644 g/mol. The molecule has 2 nitrogen and oxygen atoms in total. The summed E-state index contributed by atoms with van der Waals surface area (Å²) in [5.74, 6) is 0. The standard InChI is InChI=1S/C46H29NOS/c1-2-9-30(10-3-1)31-17-22-34(23-18-31)47(36-26-27-37-33(29-36)21-28-44-45(37)41-12-5-7-16-43(41)49-44)35-24-19-32(20-25-35)38-13-8-14-40-39-11-4-6-15-42(39)48-46(38)40/h1-29H. The van der Waals surface area contributed by atoms with E-state index in [9.17, 15) is 0 Å². The minimum absolute atomic E-state index is 0.913. The first kappa shape index (κ1) is 27.9. The highest BCUT2D eigenvalue weighted by Gasteiger charge is 2.17. The average Bonchev–Trinajstić information content (AvgIpc) is 3.75. The summed E-state index contributed by atoms with van der Waals surface area (Å²) in [7, 11) is 0. The first-order valence-corrected chi connectivity index (χ1v) is 17.4. The number of hydrogen-bond donors (Lipinski definition) is 0. The summed E-state index contributed by atoms with van der Waals surface area (Å²) >= 11 is 1.86. The first-order chi connectivity index (χ1) is 24.3. The fourth-order valence-electron chi connectivity index (χ4n) is 7.33. The highest BCUT2D eigenvalue weighted by Crippen LogP contribution is 2.43. The van der Waals surface area contributed by atoms with E-state index in [0.29, 0.717) is 0 Å². The van der Waals surface area contributed by atoms with Gasteiger partial charge in [0, 0.05) is 53.6 Å². The number of furan rings is 1. The molecule has 0 aliphatic carbocycles. The molecule has 0 atom stereocenters. The van der Waals surface area contributed by atoms with E-state index in [1.807, 2.05) is 23.5 Å². The molecule has 2 heterocycles. The summed E-state index contributed by atoms with van der Waals surface area (Å²) < 4.78 is 9.04. The number of para-hydroxylation sites is 2. The van der Waals surface area contributed by atoms with Crippen molar-refractivity contribution in [3.63, 3.8) is 0 Å². The van der Waals surface area contributed by atoms with Crippen LogP contribution in [0.1, 0.15) is 0 Å². The molecule has 3 heteroatoms. The van der Waals surface area contributed by atoms with Crippen molar-refractivity contribution in [3.8, 4) is 22.3 Å². The largest absolute Gasteiger partial charge is 0.455 e. The van der Waals surface area contributed by atoms with Crippen molar-refractivity contribution in [1.29, 1.82) is 0 Å². The van der Waals surface area contributed by atoms with Crippen molar-refractivity contribution in [1.82, 2.24) is 0 Å². The van der Waals surface area contributed by atoms with Crippen molar-refractivity contribution >= 4 is 81.3 Å². The molecule has 230 valence electrons. The van der Waals surface area contributed by atoms with Crippen molar-refractivity contribution in [3.05, 3.63) is 176 Å². The Balaban J connectivity index is 1.11. The summed E-state index contributed by atoms with van der Waals surface area (Å²) in [5.41, 5.74) is 9.77. The normalized spacial score (nSPS) is 11.7. The highest BCUT2D eigenvalue weighted by molar-refractivity contribution is 7.26. The van der Waals surface area contributed by atoms with Crippen LogP contribution in [0.2, 0.25) is 0 Å². The lowest BCUT2D eigenvalue weighted by Crippen LogP contribution is -2.09. The lowest BCUT2D eigenvalue weighted by Gasteiger charge is -2.26. The Morgan fingerprint density at radius 3 is 1.88 bits per heavy atom. The van der Waals surface area contributed by atoms with Gasteiger partial charge in [0.05, 0.1) is 0 Å². The van der Waals surface area contributed by atoms with Gasteiger partial charge in [0.2, 0.25) is 0 Å². The van der Waals surface area contributed by atoms with Gasteiger partial charge in [-0.05, 0) is 82.1 Å². The fourth-order valence-corrected chi connectivity index (χ4v) is 8.45. The third-order valence-corrected chi connectivity index (χ3v) is 10.8. The molecular formula is C46H29NOS. The first-order valence-electron chi connectivity index (χ1n) is 16.6. The lowest BCUT2D eigenvalue weighted by atomic mass is 10.0. The van der Waals surface area contributed by atoms with Crippen molar-refractivity contribution in [2.45, 2.75) is 0 Å². The summed E-state index contributed by atoms with van der Waals surface area (Å²) in [6.45, 7) is 0. The topological polar surface area (TPSA) is 16.4 Å². The van der Waals surface area contributed by atoms with Gasteiger partial charge in [0.15, 0.2) is 0 Å².